The average molecular weight is 172 g/mol. The van der Waals surface area contributed by atoms with Gasteiger partial charge >= 0.3 is 0 Å². The molecule has 0 aromatic carbocycles. The van der Waals surface area contributed by atoms with E-state index < -0.39 is 0 Å². The maximum atomic E-state index is 9.65. The van der Waals surface area contributed by atoms with Crippen LogP contribution in [0.3, 0.4) is 0 Å². The highest BCUT2D eigenvalue weighted by Gasteiger charge is 2.22. The second kappa shape index (κ2) is 5.55. The van der Waals surface area contributed by atoms with Crippen LogP contribution in [-0.2, 0) is 4.74 Å². The number of aliphatic hydroxyl groups excluding tert-OH is 1. The van der Waals surface area contributed by atoms with E-state index in [9.17, 15) is 5.11 Å². The predicted molar refractivity (Wildman–Crippen MR) is 49.1 cm³/mol. The van der Waals surface area contributed by atoms with Crippen molar-refractivity contribution in [1.82, 2.24) is 0 Å². The van der Waals surface area contributed by atoms with Crippen molar-refractivity contribution < 1.29 is 9.84 Å². The third kappa shape index (κ3) is 3.11. The van der Waals surface area contributed by atoms with E-state index >= 15 is 0 Å². The van der Waals surface area contributed by atoms with Crippen molar-refractivity contribution >= 4 is 0 Å². The van der Waals surface area contributed by atoms with Crippen molar-refractivity contribution in [2.24, 2.45) is 5.92 Å². The van der Waals surface area contributed by atoms with Crippen LogP contribution in [0.1, 0.15) is 39.0 Å². The zero-order chi connectivity index (χ0) is 8.81. The van der Waals surface area contributed by atoms with Crippen LogP contribution >= 0.6 is 0 Å². The largest absolute Gasteiger partial charge is 0.390 e. The molecule has 0 amide bonds. The molecule has 72 valence electrons. The van der Waals surface area contributed by atoms with E-state index in [0.29, 0.717) is 12.5 Å². The molecule has 0 aromatic heterocycles. The molecular formula is C10H20O2. The fraction of sp³-hybridized carbons (Fsp3) is 1.00. The lowest BCUT2D eigenvalue weighted by Gasteiger charge is -2.17. The van der Waals surface area contributed by atoms with Gasteiger partial charge in [-0.3, -0.25) is 0 Å². The zero-order valence-corrected chi connectivity index (χ0v) is 7.96. The van der Waals surface area contributed by atoms with Crippen molar-refractivity contribution in [3.63, 3.8) is 0 Å². The van der Waals surface area contributed by atoms with Crippen LogP contribution in [0, 0.1) is 5.92 Å². The van der Waals surface area contributed by atoms with Crippen LogP contribution in [0.4, 0.5) is 0 Å². The normalized spacial score (nSPS) is 21.5. The summed E-state index contributed by atoms with van der Waals surface area (Å²) in [5, 5.41) is 9.65. The molecule has 1 N–H and O–H groups in total. The van der Waals surface area contributed by atoms with Crippen LogP contribution in [0.2, 0.25) is 0 Å². The predicted octanol–water partition coefficient (Wildman–Crippen LogP) is 1.96. The average Bonchev–Trinajstić information content (AvgIpc) is 2.56. The SMILES string of the molecule is CCCOCC(O)C1CCCC1. The van der Waals surface area contributed by atoms with Gasteiger partial charge in [-0.25, -0.2) is 0 Å². The minimum Gasteiger partial charge on any atom is -0.390 e. The van der Waals surface area contributed by atoms with Gasteiger partial charge in [0, 0.05) is 6.61 Å². The van der Waals surface area contributed by atoms with E-state index in [2.05, 4.69) is 6.92 Å². The molecule has 2 heteroatoms. The molecule has 1 aliphatic carbocycles. The van der Waals surface area contributed by atoms with Gasteiger partial charge < -0.3 is 9.84 Å². The highest BCUT2D eigenvalue weighted by atomic mass is 16.5. The van der Waals surface area contributed by atoms with Gasteiger partial charge in [0.25, 0.3) is 0 Å². The van der Waals surface area contributed by atoms with Gasteiger partial charge in [0.1, 0.15) is 0 Å². The third-order valence-electron chi connectivity index (χ3n) is 2.58. The molecule has 1 saturated carbocycles. The minimum atomic E-state index is -0.209. The Morgan fingerprint density at radius 2 is 2.08 bits per heavy atom. The molecule has 0 heterocycles. The van der Waals surface area contributed by atoms with Crippen LogP contribution in [0.5, 0.6) is 0 Å². The van der Waals surface area contributed by atoms with Gasteiger partial charge in [-0.2, -0.15) is 0 Å². The molecule has 1 unspecified atom stereocenters. The maximum absolute atomic E-state index is 9.65. The van der Waals surface area contributed by atoms with Gasteiger partial charge in [-0.15, -0.1) is 0 Å². The Bertz CT molecular complexity index is 108. The molecule has 0 radical (unpaired) electrons. The standard InChI is InChI=1S/C10H20O2/c1-2-7-12-8-10(11)9-5-3-4-6-9/h9-11H,2-8H2,1H3. The van der Waals surface area contributed by atoms with Crippen molar-refractivity contribution in [2.75, 3.05) is 13.2 Å². The molecule has 12 heavy (non-hydrogen) atoms. The number of hydrogen-bond donors (Lipinski definition) is 1. The summed E-state index contributed by atoms with van der Waals surface area (Å²) in [6.45, 7) is 3.41. The Labute approximate surface area is 74.9 Å². The summed E-state index contributed by atoms with van der Waals surface area (Å²) in [5.74, 6) is 0.516. The molecule has 0 bridgehead atoms. The molecule has 0 spiro atoms. The fourth-order valence-electron chi connectivity index (χ4n) is 1.83. The maximum Gasteiger partial charge on any atom is 0.0801 e. The second-order valence-electron chi connectivity index (χ2n) is 3.69. The first kappa shape index (κ1) is 10.0. The molecule has 0 aromatic rings. The molecule has 1 atom stereocenters. The van der Waals surface area contributed by atoms with E-state index in [1.165, 1.54) is 25.7 Å². The number of aliphatic hydroxyl groups is 1. The lowest BCUT2D eigenvalue weighted by Crippen LogP contribution is -2.23. The monoisotopic (exact) mass is 172 g/mol. The van der Waals surface area contributed by atoms with Gasteiger partial charge in [0.05, 0.1) is 12.7 Å². The highest BCUT2D eigenvalue weighted by Crippen LogP contribution is 2.27. The number of ether oxygens (including phenoxy) is 1. The molecule has 0 aliphatic heterocycles. The third-order valence-corrected chi connectivity index (χ3v) is 2.58. The summed E-state index contributed by atoms with van der Waals surface area (Å²) in [7, 11) is 0. The van der Waals surface area contributed by atoms with Crippen LogP contribution in [0.25, 0.3) is 0 Å². The van der Waals surface area contributed by atoms with E-state index in [1.807, 2.05) is 0 Å². The molecule has 0 saturated heterocycles. The van der Waals surface area contributed by atoms with Gasteiger partial charge in [0.2, 0.25) is 0 Å². The number of hydrogen-bond acceptors (Lipinski definition) is 2. The summed E-state index contributed by atoms with van der Waals surface area (Å²) in [6, 6.07) is 0. The van der Waals surface area contributed by atoms with Gasteiger partial charge in [-0.05, 0) is 25.2 Å². The second-order valence-corrected chi connectivity index (χ2v) is 3.69. The van der Waals surface area contributed by atoms with Crippen LogP contribution in [-0.4, -0.2) is 24.4 Å². The molecule has 2 nitrogen and oxygen atoms in total. The van der Waals surface area contributed by atoms with Crippen LogP contribution in [0.15, 0.2) is 0 Å². The summed E-state index contributed by atoms with van der Waals surface area (Å²) in [6.07, 6.45) is 5.79. The smallest absolute Gasteiger partial charge is 0.0801 e. The Balaban J connectivity index is 2.05. The number of rotatable bonds is 5. The summed E-state index contributed by atoms with van der Waals surface area (Å²) in [5.41, 5.74) is 0. The van der Waals surface area contributed by atoms with Crippen molar-refractivity contribution in [2.45, 2.75) is 45.1 Å². The van der Waals surface area contributed by atoms with Gasteiger partial charge in [-0.1, -0.05) is 19.8 Å². The molecular weight excluding hydrogens is 152 g/mol. The lowest BCUT2D eigenvalue weighted by atomic mass is 10.0. The van der Waals surface area contributed by atoms with E-state index in [4.69, 9.17) is 4.74 Å². The van der Waals surface area contributed by atoms with Crippen molar-refractivity contribution in [3.8, 4) is 0 Å². The van der Waals surface area contributed by atoms with E-state index in [0.717, 1.165) is 13.0 Å². The van der Waals surface area contributed by atoms with Crippen molar-refractivity contribution in [1.29, 1.82) is 0 Å². The molecule has 1 fully saturated rings. The fourth-order valence-corrected chi connectivity index (χ4v) is 1.83. The Kier molecular flexibility index (Phi) is 4.62. The first-order chi connectivity index (χ1) is 5.84. The molecule has 1 rings (SSSR count). The first-order valence-electron chi connectivity index (χ1n) is 5.10. The van der Waals surface area contributed by atoms with Gasteiger partial charge in [0.15, 0.2) is 0 Å². The van der Waals surface area contributed by atoms with Crippen molar-refractivity contribution in [3.05, 3.63) is 0 Å². The summed E-state index contributed by atoms with van der Waals surface area (Å²) >= 11 is 0. The minimum absolute atomic E-state index is 0.209. The zero-order valence-electron chi connectivity index (χ0n) is 7.96. The summed E-state index contributed by atoms with van der Waals surface area (Å²) < 4.78 is 5.31. The highest BCUT2D eigenvalue weighted by molar-refractivity contribution is 4.74. The van der Waals surface area contributed by atoms with E-state index in [1.54, 1.807) is 0 Å². The lowest BCUT2D eigenvalue weighted by molar-refractivity contribution is 0.00651. The first-order valence-corrected chi connectivity index (χ1v) is 5.10. The van der Waals surface area contributed by atoms with E-state index in [-0.39, 0.29) is 6.10 Å². The summed E-state index contributed by atoms with van der Waals surface area (Å²) in [4.78, 5) is 0. The quantitative estimate of drug-likeness (QED) is 0.642. The topological polar surface area (TPSA) is 29.5 Å². The Morgan fingerprint density at radius 3 is 2.67 bits per heavy atom. The van der Waals surface area contributed by atoms with Crippen LogP contribution < -0.4 is 0 Å². The molecule has 1 aliphatic rings. The Morgan fingerprint density at radius 1 is 1.42 bits per heavy atom. The Hall–Kier alpha value is -0.0800.